The van der Waals surface area contributed by atoms with E-state index >= 15 is 0 Å². The first kappa shape index (κ1) is 14.7. The van der Waals surface area contributed by atoms with E-state index < -0.39 is 0 Å². The Labute approximate surface area is 133 Å². The van der Waals surface area contributed by atoms with Gasteiger partial charge in [-0.15, -0.1) is 11.3 Å². The molecule has 1 aromatic carbocycles. The monoisotopic (exact) mass is 315 g/mol. The van der Waals surface area contributed by atoms with Crippen molar-refractivity contribution < 1.29 is 14.3 Å². The van der Waals surface area contributed by atoms with Gasteiger partial charge < -0.3 is 14.8 Å². The minimum absolute atomic E-state index is 0.0956. The van der Waals surface area contributed by atoms with Crippen molar-refractivity contribution in [3.05, 3.63) is 52.2 Å². The molecule has 1 N–H and O–H groups in total. The van der Waals surface area contributed by atoms with E-state index in [9.17, 15) is 4.79 Å². The van der Waals surface area contributed by atoms with Crippen molar-refractivity contribution in [1.29, 1.82) is 0 Å². The van der Waals surface area contributed by atoms with Gasteiger partial charge in [0.2, 0.25) is 12.7 Å². The molecule has 0 aliphatic carbocycles. The molecule has 1 aliphatic rings. The molecular formula is C17H17NO3S. The lowest BCUT2D eigenvalue weighted by Gasteiger charge is -2.10. The topological polar surface area (TPSA) is 47.6 Å². The number of hydrogen-bond acceptors (Lipinski definition) is 4. The molecule has 0 saturated carbocycles. The van der Waals surface area contributed by atoms with Crippen LogP contribution in [0, 0.1) is 0 Å². The molecule has 1 aliphatic heterocycles. The van der Waals surface area contributed by atoms with Crippen LogP contribution < -0.4 is 14.8 Å². The van der Waals surface area contributed by atoms with Crippen molar-refractivity contribution in [2.24, 2.45) is 0 Å². The summed E-state index contributed by atoms with van der Waals surface area (Å²) in [7, 11) is 0. The summed E-state index contributed by atoms with van der Waals surface area (Å²) in [5, 5.41) is 5.01. The van der Waals surface area contributed by atoms with Crippen molar-refractivity contribution in [2.75, 3.05) is 6.79 Å². The number of benzene rings is 1. The van der Waals surface area contributed by atoms with Gasteiger partial charge in [0.15, 0.2) is 11.5 Å². The summed E-state index contributed by atoms with van der Waals surface area (Å²) < 4.78 is 10.6. The SMILES string of the molecule is C[C@H](Cc1cccs1)NC(=O)/C=C/c1ccc2c(c1)OCO2. The van der Waals surface area contributed by atoms with E-state index in [1.54, 1.807) is 23.5 Å². The molecule has 0 saturated heterocycles. The zero-order chi connectivity index (χ0) is 15.4. The van der Waals surface area contributed by atoms with Crippen LogP contribution >= 0.6 is 11.3 Å². The number of thiophene rings is 1. The number of hydrogen-bond donors (Lipinski definition) is 1. The van der Waals surface area contributed by atoms with E-state index in [-0.39, 0.29) is 18.7 Å². The molecule has 4 nitrogen and oxygen atoms in total. The summed E-state index contributed by atoms with van der Waals surface area (Å²) in [6.45, 7) is 2.26. The van der Waals surface area contributed by atoms with Gasteiger partial charge >= 0.3 is 0 Å². The van der Waals surface area contributed by atoms with Crippen molar-refractivity contribution in [3.8, 4) is 11.5 Å². The van der Waals surface area contributed by atoms with Gasteiger partial charge in [-0.05, 0) is 42.1 Å². The lowest BCUT2D eigenvalue weighted by Crippen LogP contribution is -2.32. The second-order valence-corrected chi connectivity index (χ2v) is 6.17. The van der Waals surface area contributed by atoms with Crippen molar-refractivity contribution in [1.82, 2.24) is 5.32 Å². The van der Waals surface area contributed by atoms with Crippen LogP contribution in [0.2, 0.25) is 0 Å². The van der Waals surface area contributed by atoms with E-state index in [4.69, 9.17) is 9.47 Å². The van der Waals surface area contributed by atoms with Crippen LogP contribution in [-0.2, 0) is 11.2 Å². The first-order chi connectivity index (χ1) is 10.7. The average molecular weight is 315 g/mol. The van der Waals surface area contributed by atoms with E-state index in [1.807, 2.05) is 36.6 Å². The van der Waals surface area contributed by atoms with Crippen molar-refractivity contribution in [3.63, 3.8) is 0 Å². The third-order valence-corrected chi connectivity index (χ3v) is 4.20. The summed E-state index contributed by atoms with van der Waals surface area (Å²) in [4.78, 5) is 13.2. The highest BCUT2D eigenvalue weighted by molar-refractivity contribution is 7.09. The molecule has 0 radical (unpaired) electrons. The smallest absolute Gasteiger partial charge is 0.244 e. The Morgan fingerprint density at radius 2 is 2.23 bits per heavy atom. The van der Waals surface area contributed by atoms with Gasteiger partial charge in [-0.2, -0.15) is 0 Å². The van der Waals surface area contributed by atoms with Gasteiger partial charge in [-0.3, -0.25) is 4.79 Å². The Kier molecular flexibility index (Phi) is 4.44. The summed E-state index contributed by atoms with van der Waals surface area (Å²) in [6.07, 6.45) is 4.17. The van der Waals surface area contributed by atoms with E-state index in [1.165, 1.54) is 4.88 Å². The fourth-order valence-corrected chi connectivity index (χ4v) is 3.10. The second-order valence-electron chi connectivity index (χ2n) is 5.14. The van der Waals surface area contributed by atoms with Crippen LogP contribution in [0.3, 0.4) is 0 Å². The maximum atomic E-state index is 11.9. The molecule has 0 bridgehead atoms. The first-order valence-electron chi connectivity index (χ1n) is 7.11. The maximum absolute atomic E-state index is 11.9. The Morgan fingerprint density at radius 1 is 1.36 bits per heavy atom. The number of rotatable bonds is 5. The van der Waals surface area contributed by atoms with Gasteiger partial charge in [0.05, 0.1) is 0 Å². The second kappa shape index (κ2) is 6.66. The molecule has 22 heavy (non-hydrogen) atoms. The highest BCUT2D eigenvalue weighted by Gasteiger charge is 2.12. The zero-order valence-electron chi connectivity index (χ0n) is 12.2. The zero-order valence-corrected chi connectivity index (χ0v) is 13.1. The number of carbonyl (C=O) groups is 1. The maximum Gasteiger partial charge on any atom is 0.244 e. The van der Waals surface area contributed by atoms with Crippen LogP contribution in [0.25, 0.3) is 6.08 Å². The molecule has 1 amide bonds. The minimum Gasteiger partial charge on any atom is -0.454 e. The molecule has 2 aromatic rings. The summed E-state index contributed by atoms with van der Waals surface area (Å²) in [5.74, 6) is 1.36. The molecule has 1 aromatic heterocycles. The number of nitrogens with one attached hydrogen (secondary N) is 1. The van der Waals surface area contributed by atoms with E-state index in [0.717, 1.165) is 17.7 Å². The fourth-order valence-electron chi connectivity index (χ4n) is 2.26. The Hall–Kier alpha value is -2.27. The normalized spacial score (nSPS) is 14.2. The fraction of sp³-hybridized carbons (Fsp3) is 0.235. The molecule has 0 unspecified atom stereocenters. The Bertz CT molecular complexity index is 679. The van der Waals surface area contributed by atoms with Crippen molar-refractivity contribution >= 4 is 23.3 Å². The highest BCUT2D eigenvalue weighted by Crippen LogP contribution is 2.32. The molecular weight excluding hydrogens is 298 g/mol. The minimum atomic E-state index is -0.0956. The van der Waals surface area contributed by atoms with Crippen molar-refractivity contribution in [2.45, 2.75) is 19.4 Å². The van der Waals surface area contributed by atoms with Gasteiger partial charge in [0, 0.05) is 23.4 Å². The third kappa shape index (κ3) is 3.68. The van der Waals surface area contributed by atoms with Crippen LogP contribution in [0.5, 0.6) is 11.5 Å². The molecule has 5 heteroatoms. The predicted molar refractivity (Wildman–Crippen MR) is 87.2 cm³/mol. The van der Waals surface area contributed by atoms with Crippen LogP contribution in [0.15, 0.2) is 41.8 Å². The van der Waals surface area contributed by atoms with Crippen LogP contribution in [0.4, 0.5) is 0 Å². The number of amides is 1. The number of carbonyl (C=O) groups excluding carboxylic acids is 1. The first-order valence-corrected chi connectivity index (χ1v) is 7.99. The predicted octanol–water partition coefficient (Wildman–Crippen LogP) is 3.24. The molecule has 0 fully saturated rings. The molecule has 0 spiro atoms. The highest BCUT2D eigenvalue weighted by atomic mass is 32.1. The number of fused-ring (bicyclic) bond motifs is 1. The van der Waals surface area contributed by atoms with E-state index in [2.05, 4.69) is 11.4 Å². The average Bonchev–Trinajstić information content (AvgIpc) is 3.15. The van der Waals surface area contributed by atoms with Crippen LogP contribution in [0.1, 0.15) is 17.4 Å². The Morgan fingerprint density at radius 3 is 3.05 bits per heavy atom. The molecule has 3 rings (SSSR count). The largest absolute Gasteiger partial charge is 0.454 e. The number of ether oxygens (including phenoxy) is 2. The van der Waals surface area contributed by atoms with Gasteiger partial charge in [0.1, 0.15) is 0 Å². The quantitative estimate of drug-likeness (QED) is 0.862. The van der Waals surface area contributed by atoms with E-state index in [0.29, 0.717) is 5.75 Å². The van der Waals surface area contributed by atoms with Gasteiger partial charge in [-0.25, -0.2) is 0 Å². The molecule has 114 valence electrons. The lowest BCUT2D eigenvalue weighted by molar-refractivity contribution is -0.117. The van der Waals surface area contributed by atoms with Gasteiger partial charge in [0.25, 0.3) is 0 Å². The Balaban J connectivity index is 1.54. The summed E-state index contributed by atoms with van der Waals surface area (Å²) >= 11 is 1.70. The standard InChI is InChI=1S/C17H17NO3S/c1-12(9-14-3-2-8-22-14)18-17(19)7-5-13-4-6-15-16(10-13)21-11-20-15/h2-8,10,12H,9,11H2,1H3,(H,18,19)/b7-5+/t12-/m1/s1. The molecule has 1 atom stereocenters. The van der Waals surface area contributed by atoms with Gasteiger partial charge in [-0.1, -0.05) is 12.1 Å². The summed E-state index contributed by atoms with van der Waals surface area (Å²) in [6, 6.07) is 9.81. The molecule has 2 heterocycles. The van der Waals surface area contributed by atoms with Crippen LogP contribution in [-0.4, -0.2) is 18.7 Å². The summed E-state index contributed by atoms with van der Waals surface area (Å²) in [5.41, 5.74) is 0.908. The third-order valence-electron chi connectivity index (χ3n) is 3.30. The lowest BCUT2D eigenvalue weighted by atomic mass is 10.1.